The van der Waals surface area contributed by atoms with Crippen molar-refractivity contribution in [3.63, 3.8) is 0 Å². The van der Waals surface area contributed by atoms with Gasteiger partial charge < -0.3 is 24.1 Å². The highest BCUT2D eigenvalue weighted by atomic mass is 16.9. The summed E-state index contributed by atoms with van der Waals surface area (Å²) in [6.45, 7) is 4.15. The van der Waals surface area contributed by atoms with E-state index in [0.29, 0.717) is 33.0 Å². The highest BCUT2D eigenvalue weighted by Crippen LogP contribution is 2.34. The molecule has 1 N–H and O–H groups in total. The maximum atomic E-state index is 9.70. The van der Waals surface area contributed by atoms with E-state index < -0.39 is 5.97 Å². The van der Waals surface area contributed by atoms with Gasteiger partial charge in [0.15, 0.2) is 0 Å². The fourth-order valence-electron chi connectivity index (χ4n) is 2.75. The topological polar surface area (TPSA) is 82.9 Å². The molecule has 140 valence electrons. The Morgan fingerprint density at radius 3 is 2.62 bits per heavy atom. The zero-order valence-electron chi connectivity index (χ0n) is 14.9. The maximum absolute atomic E-state index is 9.70. The second-order valence-corrected chi connectivity index (χ2v) is 6.07. The molecule has 0 radical (unpaired) electrons. The van der Waals surface area contributed by atoms with Gasteiger partial charge in [0.05, 0.1) is 26.4 Å². The summed E-state index contributed by atoms with van der Waals surface area (Å²) in [4.78, 5) is 7.98. The van der Waals surface area contributed by atoms with Gasteiger partial charge in [-0.05, 0) is 49.1 Å². The Morgan fingerprint density at radius 2 is 1.88 bits per heavy atom. The third kappa shape index (κ3) is 4.76. The molecule has 1 fully saturated rings. The molecule has 2 heterocycles. The van der Waals surface area contributed by atoms with E-state index in [0.717, 1.165) is 29.5 Å². The average Bonchev–Trinajstić information content (AvgIpc) is 3.14. The van der Waals surface area contributed by atoms with Crippen LogP contribution in [-0.4, -0.2) is 48.1 Å². The minimum atomic E-state index is -1.22. The van der Waals surface area contributed by atoms with Gasteiger partial charge in [0.25, 0.3) is 0 Å². The van der Waals surface area contributed by atoms with E-state index in [9.17, 15) is 5.11 Å². The number of rotatable bonds is 9. The average molecular weight is 360 g/mol. The molecule has 1 saturated heterocycles. The lowest BCUT2D eigenvalue weighted by Crippen LogP contribution is -2.32. The molecule has 0 aliphatic carbocycles. The molecule has 1 aromatic heterocycles. The molecule has 0 amide bonds. The highest BCUT2D eigenvalue weighted by molar-refractivity contribution is 5.36. The summed E-state index contributed by atoms with van der Waals surface area (Å²) in [5.41, 5.74) is 2.57. The molecule has 0 spiro atoms. The van der Waals surface area contributed by atoms with Crippen molar-refractivity contribution in [1.82, 2.24) is 9.97 Å². The summed E-state index contributed by atoms with van der Waals surface area (Å²) in [5, 5.41) is 9.70. The van der Waals surface area contributed by atoms with E-state index in [1.807, 2.05) is 25.4 Å². The maximum Gasteiger partial charge on any atom is 0.312 e. The number of hydrogen-bond acceptors (Lipinski definition) is 7. The van der Waals surface area contributed by atoms with Gasteiger partial charge in [-0.3, -0.25) is 0 Å². The van der Waals surface area contributed by atoms with Crippen LogP contribution in [0.3, 0.4) is 0 Å². The van der Waals surface area contributed by atoms with Crippen LogP contribution in [0.1, 0.15) is 23.1 Å². The molecule has 7 nitrogen and oxygen atoms in total. The zero-order chi connectivity index (χ0) is 18.2. The number of benzene rings is 1. The molecule has 0 saturated carbocycles. The summed E-state index contributed by atoms with van der Waals surface area (Å²) in [5.74, 6) is -0.988. The van der Waals surface area contributed by atoms with Crippen LogP contribution >= 0.6 is 0 Å². The largest absolute Gasteiger partial charge is 0.508 e. The molecule has 0 atom stereocenters. The number of aromatic nitrogens is 2. The number of nitrogens with zero attached hydrogens (tertiary/aromatic N) is 2. The molecule has 26 heavy (non-hydrogen) atoms. The molecule has 3 rings (SSSR count). The van der Waals surface area contributed by atoms with Gasteiger partial charge in [-0.15, -0.1) is 0 Å². The Kier molecular flexibility index (Phi) is 6.51. The van der Waals surface area contributed by atoms with Gasteiger partial charge >= 0.3 is 5.97 Å². The third-order valence-electron chi connectivity index (χ3n) is 4.11. The quantitative estimate of drug-likeness (QED) is 0.687. The van der Waals surface area contributed by atoms with Gasteiger partial charge in [0.1, 0.15) is 12.1 Å². The Labute approximate surface area is 152 Å². The second kappa shape index (κ2) is 9.05. The molecule has 1 aliphatic heterocycles. The van der Waals surface area contributed by atoms with E-state index in [2.05, 4.69) is 9.97 Å². The highest BCUT2D eigenvalue weighted by Gasteiger charge is 2.40. The summed E-state index contributed by atoms with van der Waals surface area (Å²) in [6, 6.07) is 5.17. The first-order valence-electron chi connectivity index (χ1n) is 8.73. The summed E-state index contributed by atoms with van der Waals surface area (Å²) in [7, 11) is 0. The van der Waals surface area contributed by atoms with Gasteiger partial charge in [0.2, 0.25) is 0 Å². The number of hydrogen-bond donors (Lipinski definition) is 1. The first-order chi connectivity index (χ1) is 12.7. The van der Waals surface area contributed by atoms with Gasteiger partial charge in [-0.2, -0.15) is 0 Å². The predicted molar refractivity (Wildman–Crippen MR) is 93.5 cm³/mol. The normalized spacial score (nSPS) is 16.0. The zero-order valence-corrected chi connectivity index (χ0v) is 14.9. The lowest BCUT2D eigenvalue weighted by atomic mass is 10.1. The number of aryl methyl sites for hydroxylation is 2. The van der Waals surface area contributed by atoms with Crippen LogP contribution in [0.2, 0.25) is 0 Å². The molecule has 0 unspecified atom stereocenters. The van der Waals surface area contributed by atoms with Crippen LogP contribution in [-0.2, 0) is 31.3 Å². The predicted octanol–water partition coefficient (Wildman–Crippen LogP) is 2.31. The molecule has 2 aromatic rings. The van der Waals surface area contributed by atoms with Crippen LogP contribution in [0.25, 0.3) is 0 Å². The summed E-state index contributed by atoms with van der Waals surface area (Å²) < 4.78 is 22.9. The van der Waals surface area contributed by atoms with E-state index in [4.69, 9.17) is 18.9 Å². The molecule has 0 bridgehead atoms. The van der Waals surface area contributed by atoms with Crippen molar-refractivity contribution in [3.05, 3.63) is 53.6 Å². The standard InChI is InChI=1S/C19H24N2O5/c1-15-11-17(4-5-18(15)22)19(25-9-10-26-19)24-8-7-23-6-2-3-16-12-20-14-21-13-16/h4-5,11-14,22H,2-3,6-10H2,1H3. The van der Waals surface area contributed by atoms with Crippen molar-refractivity contribution in [2.24, 2.45) is 0 Å². The fraction of sp³-hybridized carbons (Fsp3) is 0.474. The SMILES string of the molecule is Cc1cc(C2(OCCOCCCc3cncnc3)OCCO2)ccc1O. The Morgan fingerprint density at radius 1 is 1.12 bits per heavy atom. The first kappa shape index (κ1) is 18.7. The van der Waals surface area contributed by atoms with Crippen LogP contribution in [0.5, 0.6) is 5.75 Å². The van der Waals surface area contributed by atoms with E-state index in [-0.39, 0.29) is 5.75 Å². The molecule has 7 heteroatoms. The lowest BCUT2D eigenvalue weighted by molar-refractivity contribution is -0.345. The van der Waals surface area contributed by atoms with Crippen molar-refractivity contribution >= 4 is 0 Å². The fourth-order valence-corrected chi connectivity index (χ4v) is 2.75. The smallest absolute Gasteiger partial charge is 0.312 e. The summed E-state index contributed by atoms with van der Waals surface area (Å²) in [6.07, 6.45) is 6.92. The van der Waals surface area contributed by atoms with Crippen molar-refractivity contribution < 1.29 is 24.1 Å². The van der Waals surface area contributed by atoms with Crippen molar-refractivity contribution in [3.8, 4) is 5.75 Å². The number of phenolic OH excluding ortho intramolecular Hbond substituents is 1. The Balaban J connectivity index is 1.42. The van der Waals surface area contributed by atoms with E-state index >= 15 is 0 Å². The van der Waals surface area contributed by atoms with E-state index in [1.165, 1.54) is 6.33 Å². The van der Waals surface area contributed by atoms with Crippen molar-refractivity contribution in [2.75, 3.05) is 33.0 Å². The Hall–Kier alpha value is -2.06. The molecular formula is C19H24N2O5. The van der Waals surface area contributed by atoms with Crippen molar-refractivity contribution in [2.45, 2.75) is 25.7 Å². The minimum Gasteiger partial charge on any atom is -0.508 e. The Bertz CT molecular complexity index is 690. The van der Waals surface area contributed by atoms with Crippen LogP contribution < -0.4 is 0 Å². The molecule has 1 aliphatic rings. The van der Waals surface area contributed by atoms with Gasteiger partial charge in [0, 0.05) is 24.6 Å². The van der Waals surface area contributed by atoms with Gasteiger partial charge in [-0.25, -0.2) is 9.97 Å². The van der Waals surface area contributed by atoms with Crippen LogP contribution in [0.15, 0.2) is 36.9 Å². The molecular weight excluding hydrogens is 336 g/mol. The van der Waals surface area contributed by atoms with E-state index in [1.54, 1.807) is 12.1 Å². The second-order valence-electron chi connectivity index (χ2n) is 6.07. The summed E-state index contributed by atoms with van der Waals surface area (Å²) >= 11 is 0. The van der Waals surface area contributed by atoms with Crippen molar-refractivity contribution in [1.29, 1.82) is 0 Å². The lowest BCUT2D eigenvalue weighted by Gasteiger charge is -2.27. The number of ether oxygens (including phenoxy) is 4. The van der Waals surface area contributed by atoms with Crippen LogP contribution in [0.4, 0.5) is 0 Å². The van der Waals surface area contributed by atoms with Crippen LogP contribution in [0, 0.1) is 6.92 Å². The molecule has 1 aromatic carbocycles. The number of aromatic hydroxyl groups is 1. The monoisotopic (exact) mass is 360 g/mol. The number of phenols is 1. The third-order valence-corrected chi connectivity index (χ3v) is 4.11. The van der Waals surface area contributed by atoms with Gasteiger partial charge in [-0.1, -0.05) is 0 Å². The minimum absolute atomic E-state index is 0.231. The first-order valence-corrected chi connectivity index (χ1v) is 8.73.